The van der Waals surface area contributed by atoms with Crippen molar-refractivity contribution in [3.05, 3.63) is 107 Å². The zero-order chi connectivity index (χ0) is 33.2. The molecule has 11 heteroatoms. The van der Waals surface area contributed by atoms with Gasteiger partial charge in [0.1, 0.15) is 12.2 Å². The minimum Gasteiger partial charge on any atom is -0.390 e. The summed E-state index contributed by atoms with van der Waals surface area (Å²) in [6.07, 6.45) is -7.15. The fourth-order valence-electron chi connectivity index (χ4n) is 5.98. The molecular formula is C36H44N2O9. The minimum atomic E-state index is -1.88. The molecule has 11 nitrogen and oxygen atoms in total. The number of nitrogens with one attached hydrogen (secondary N) is 2. The maximum atomic E-state index is 13.8. The predicted molar refractivity (Wildman–Crippen MR) is 172 cm³/mol. The van der Waals surface area contributed by atoms with Crippen molar-refractivity contribution in [2.24, 2.45) is 0 Å². The number of aliphatic hydroxyl groups excluding tert-OH is 3. The highest BCUT2D eigenvalue weighted by molar-refractivity contribution is 5.84. The monoisotopic (exact) mass is 648 g/mol. The van der Waals surface area contributed by atoms with Crippen LogP contribution in [0.25, 0.3) is 0 Å². The van der Waals surface area contributed by atoms with Crippen LogP contribution in [0, 0.1) is 0 Å². The van der Waals surface area contributed by atoms with Crippen LogP contribution >= 0.6 is 0 Å². The highest BCUT2D eigenvalue weighted by atomic mass is 16.5. The molecule has 1 saturated heterocycles. The van der Waals surface area contributed by atoms with E-state index < -0.39 is 48.4 Å². The number of carbonyl (C=O) groups excluding carboxylic acids is 2. The third-order valence-electron chi connectivity index (χ3n) is 8.47. The highest BCUT2D eigenvalue weighted by Gasteiger charge is 2.43. The smallest absolute Gasteiger partial charge is 0.252 e. The van der Waals surface area contributed by atoms with Crippen LogP contribution in [0.1, 0.15) is 41.6 Å². The van der Waals surface area contributed by atoms with E-state index in [-0.39, 0.29) is 32.0 Å². The molecule has 0 aromatic heterocycles. The summed E-state index contributed by atoms with van der Waals surface area (Å²) in [5.74, 6) is -1.42. The van der Waals surface area contributed by atoms with Crippen molar-refractivity contribution >= 4 is 11.8 Å². The van der Waals surface area contributed by atoms with Crippen molar-refractivity contribution < 1.29 is 43.9 Å². The molecule has 1 heterocycles. The summed E-state index contributed by atoms with van der Waals surface area (Å²) < 4.78 is 23.1. The SMILES string of the molecule is CCOCC1CC(NC(=O)[C@H](OCc2ccccc2)[C@H](O)[C@@H](O)[C@@H](OCc2ccccc2)C(=O)N[C@H]2c3ccccc3C[C@H]2O)CO1. The fraction of sp³-hybridized carbons (Fsp3) is 0.444. The fourth-order valence-corrected chi connectivity index (χ4v) is 5.98. The molecule has 1 fully saturated rings. The molecule has 3 aromatic carbocycles. The number of hydrogen-bond acceptors (Lipinski definition) is 9. The Morgan fingerprint density at radius 2 is 1.38 bits per heavy atom. The van der Waals surface area contributed by atoms with Gasteiger partial charge < -0.3 is 44.9 Å². The second-order valence-electron chi connectivity index (χ2n) is 11.9. The van der Waals surface area contributed by atoms with E-state index in [4.69, 9.17) is 18.9 Å². The zero-order valence-corrected chi connectivity index (χ0v) is 26.4. The van der Waals surface area contributed by atoms with E-state index in [0.717, 1.165) is 22.3 Å². The number of amides is 2. The third-order valence-corrected chi connectivity index (χ3v) is 8.47. The maximum Gasteiger partial charge on any atom is 0.252 e. The quantitative estimate of drug-likeness (QED) is 0.157. The van der Waals surface area contributed by atoms with Gasteiger partial charge in [0.25, 0.3) is 11.8 Å². The van der Waals surface area contributed by atoms with E-state index in [9.17, 15) is 24.9 Å². The molecule has 1 aliphatic heterocycles. The van der Waals surface area contributed by atoms with Crippen LogP contribution < -0.4 is 10.6 Å². The average molecular weight is 649 g/mol. The van der Waals surface area contributed by atoms with E-state index >= 15 is 0 Å². The van der Waals surface area contributed by atoms with Gasteiger partial charge in [-0.25, -0.2) is 0 Å². The number of aliphatic hydroxyl groups is 3. The molecule has 2 unspecified atom stereocenters. The molecule has 0 spiro atoms. The van der Waals surface area contributed by atoms with Crippen molar-refractivity contribution in [2.75, 3.05) is 19.8 Å². The predicted octanol–water partition coefficient (Wildman–Crippen LogP) is 1.96. The summed E-state index contributed by atoms with van der Waals surface area (Å²) >= 11 is 0. The largest absolute Gasteiger partial charge is 0.390 e. The van der Waals surface area contributed by atoms with E-state index in [1.165, 1.54) is 0 Å². The summed E-state index contributed by atoms with van der Waals surface area (Å²) in [5, 5.41) is 39.6. The molecule has 8 atom stereocenters. The van der Waals surface area contributed by atoms with Crippen molar-refractivity contribution in [1.82, 2.24) is 10.6 Å². The summed E-state index contributed by atoms with van der Waals surface area (Å²) in [7, 11) is 0. The molecule has 1 aliphatic carbocycles. The topological polar surface area (TPSA) is 156 Å². The molecular weight excluding hydrogens is 604 g/mol. The Morgan fingerprint density at radius 3 is 1.98 bits per heavy atom. The second kappa shape index (κ2) is 16.9. The Morgan fingerprint density at radius 1 is 0.830 bits per heavy atom. The van der Waals surface area contributed by atoms with Crippen molar-refractivity contribution in [1.29, 1.82) is 0 Å². The number of ether oxygens (including phenoxy) is 4. The number of benzene rings is 3. The van der Waals surface area contributed by atoms with Gasteiger partial charge in [-0.2, -0.15) is 0 Å². The van der Waals surface area contributed by atoms with Crippen molar-refractivity contribution in [3.63, 3.8) is 0 Å². The van der Waals surface area contributed by atoms with Gasteiger partial charge >= 0.3 is 0 Å². The van der Waals surface area contributed by atoms with Gasteiger partial charge in [-0.3, -0.25) is 9.59 Å². The first kappa shape index (κ1) is 34.6. The maximum absolute atomic E-state index is 13.8. The van der Waals surface area contributed by atoms with Crippen LogP contribution in [-0.4, -0.2) is 89.6 Å². The van der Waals surface area contributed by atoms with Crippen LogP contribution in [0.3, 0.4) is 0 Å². The van der Waals surface area contributed by atoms with Gasteiger partial charge in [-0.1, -0.05) is 84.9 Å². The van der Waals surface area contributed by atoms with Gasteiger partial charge in [-0.05, 0) is 35.6 Å². The second-order valence-corrected chi connectivity index (χ2v) is 11.9. The van der Waals surface area contributed by atoms with Crippen LogP contribution in [0.5, 0.6) is 0 Å². The lowest BCUT2D eigenvalue weighted by molar-refractivity contribution is -0.171. The lowest BCUT2D eigenvalue weighted by Crippen LogP contribution is -2.57. The van der Waals surface area contributed by atoms with Gasteiger partial charge in [0.2, 0.25) is 0 Å². The Kier molecular flexibility index (Phi) is 12.5. The Labute approximate surface area is 274 Å². The standard InChI is InChI=1S/C36H44N2O9/c1-2-44-22-27-18-26(21-45-27)37-35(42)33(46-19-23-11-5-3-6-12-23)31(40)32(41)34(47-20-24-13-7-4-8-14-24)36(43)38-30-28-16-10-9-15-25(28)17-29(30)39/h3-16,26-27,29-34,39-41H,2,17-22H2,1H3,(H,37,42)(H,38,43)/t26?,27?,29-,30+,31-,32-,33-,34-/m1/s1. The molecule has 47 heavy (non-hydrogen) atoms. The first-order valence-electron chi connectivity index (χ1n) is 16.1. The molecule has 252 valence electrons. The van der Waals surface area contributed by atoms with Crippen molar-refractivity contribution in [2.45, 2.75) is 81.7 Å². The van der Waals surface area contributed by atoms with Gasteiger partial charge in [-0.15, -0.1) is 0 Å². The number of rotatable bonds is 16. The van der Waals surface area contributed by atoms with Gasteiger partial charge in [0.15, 0.2) is 12.2 Å². The van der Waals surface area contributed by atoms with E-state index in [1.807, 2.05) is 79.7 Å². The molecule has 2 amide bonds. The van der Waals surface area contributed by atoms with Gasteiger partial charge in [0, 0.05) is 13.0 Å². The Balaban J connectivity index is 1.34. The Bertz CT molecular complexity index is 1430. The summed E-state index contributed by atoms with van der Waals surface area (Å²) in [6.45, 7) is 2.99. The highest BCUT2D eigenvalue weighted by Crippen LogP contribution is 2.31. The Hall–Kier alpha value is -3.68. The summed E-state index contributed by atoms with van der Waals surface area (Å²) in [6, 6.07) is 24.5. The molecule has 3 aromatic rings. The van der Waals surface area contributed by atoms with Crippen LogP contribution in [0.2, 0.25) is 0 Å². The number of hydrogen-bond donors (Lipinski definition) is 5. The molecule has 5 N–H and O–H groups in total. The third kappa shape index (κ3) is 9.23. The average Bonchev–Trinajstić information content (AvgIpc) is 3.67. The van der Waals surface area contributed by atoms with Crippen LogP contribution in [0.4, 0.5) is 0 Å². The van der Waals surface area contributed by atoms with E-state index in [1.54, 1.807) is 12.1 Å². The summed E-state index contributed by atoms with van der Waals surface area (Å²) in [4.78, 5) is 27.5. The number of carbonyl (C=O) groups is 2. The van der Waals surface area contributed by atoms with E-state index in [0.29, 0.717) is 26.1 Å². The zero-order valence-electron chi connectivity index (χ0n) is 26.4. The lowest BCUT2D eigenvalue weighted by atomic mass is 9.99. The van der Waals surface area contributed by atoms with Crippen LogP contribution in [-0.2, 0) is 48.2 Å². The first-order chi connectivity index (χ1) is 22.8. The van der Waals surface area contributed by atoms with Crippen molar-refractivity contribution in [3.8, 4) is 0 Å². The summed E-state index contributed by atoms with van der Waals surface area (Å²) in [5.41, 5.74) is 3.14. The molecule has 5 rings (SSSR count). The first-order valence-corrected chi connectivity index (χ1v) is 16.1. The van der Waals surface area contributed by atoms with E-state index in [2.05, 4.69) is 10.6 Å². The molecule has 0 saturated carbocycles. The normalized spacial score (nSPS) is 23.0. The molecule has 0 bridgehead atoms. The molecule has 0 radical (unpaired) electrons. The molecule has 2 aliphatic rings. The van der Waals surface area contributed by atoms with Gasteiger partial charge in [0.05, 0.1) is 50.7 Å². The van der Waals surface area contributed by atoms with Crippen LogP contribution in [0.15, 0.2) is 84.9 Å². The minimum absolute atomic E-state index is 0.0381. The lowest BCUT2D eigenvalue weighted by Gasteiger charge is -2.32. The number of fused-ring (bicyclic) bond motifs is 1.